The van der Waals surface area contributed by atoms with Gasteiger partial charge in [0.15, 0.2) is 0 Å². The summed E-state index contributed by atoms with van der Waals surface area (Å²) < 4.78 is 4.89. The number of anilines is 1. The van der Waals surface area contributed by atoms with E-state index in [1.165, 1.54) is 12.7 Å². The molecule has 1 saturated heterocycles. The fraction of sp³-hybridized carbons (Fsp3) is 0.520. The highest BCUT2D eigenvalue weighted by molar-refractivity contribution is 6.55. The molecule has 200 valence electrons. The van der Waals surface area contributed by atoms with E-state index in [1.807, 2.05) is 13.8 Å². The zero-order valence-corrected chi connectivity index (χ0v) is 21.6. The van der Waals surface area contributed by atoms with Gasteiger partial charge in [-0.05, 0) is 36.5 Å². The Labute approximate surface area is 217 Å². The topological polar surface area (TPSA) is 151 Å². The zero-order chi connectivity index (χ0) is 27.4. The van der Waals surface area contributed by atoms with E-state index in [-0.39, 0.29) is 68.0 Å². The molecule has 12 heteroatoms. The van der Waals surface area contributed by atoms with Gasteiger partial charge in [0.2, 0.25) is 43.3 Å². The number of amides is 5. The normalized spacial score (nSPS) is 15.0. The van der Waals surface area contributed by atoms with E-state index >= 15 is 0 Å². The van der Waals surface area contributed by atoms with Crippen LogP contribution in [0, 0.1) is 11.8 Å². The number of likely N-dealkylation sites (tertiary alicyclic amines) is 1. The number of hydrogen-bond acceptors (Lipinski definition) is 7. The maximum Gasteiger partial charge on any atom is 0.243 e. The number of carbonyl (C=O) groups excluding carboxylic acids is 6. The van der Waals surface area contributed by atoms with E-state index in [0.717, 1.165) is 5.56 Å². The predicted molar refractivity (Wildman–Crippen MR) is 138 cm³/mol. The Morgan fingerprint density at radius 3 is 2.24 bits per heavy atom. The van der Waals surface area contributed by atoms with Crippen molar-refractivity contribution in [3.05, 3.63) is 29.8 Å². The summed E-state index contributed by atoms with van der Waals surface area (Å²) in [4.78, 5) is 72.4. The molecule has 1 aromatic rings. The molecular formula is C25H35BN4O7. The third-order valence-electron chi connectivity index (χ3n) is 5.94. The summed E-state index contributed by atoms with van der Waals surface area (Å²) in [5, 5.41) is 7.58. The molecule has 1 unspecified atom stereocenters. The molecule has 0 bridgehead atoms. The number of carbonyl (C=O) groups is 6. The van der Waals surface area contributed by atoms with Crippen molar-refractivity contribution in [2.75, 3.05) is 25.0 Å². The number of rotatable bonds is 14. The van der Waals surface area contributed by atoms with Crippen LogP contribution in [0.4, 0.5) is 10.5 Å². The molecule has 5 amide bonds. The van der Waals surface area contributed by atoms with E-state index in [9.17, 15) is 28.8 Å². The molecule has 1 aliphatic rings. The maximum atomic E-state index is 12.3. The highest BCUT2D eigenvalue weighted by Crippen LogP contribution is 2.26. The standard InChI is InChI=1S/C25H35BN4O7/c1-16(2)19-12-23(34)30(24(19)35)11-5-3-4-6-20(31)27-13-21(32)28-14-22(33)29-18-9-7-17(8-10-18)15-37-25(26)36/h7-10,16,19H,3-6,11-15,26H2,1-2H3,(H,27,31)(H,28,32)(H,29,33). The summed E-state index contributed by atoms with van der Waals surface area (Å²) in [6.45, 7) is 3.88. The highest BCUT2D eigenvalue weighted by atomic mass is 16.5. The third-order valence-corrected chi connectivity index (χ3v) is 5.94. The smallest absolute Gasteiger partial charge is 0.243 e. The Hall–Kier alpha value is -3.70. The van der Waals surface area contributed by atoms with Gasteiger partial charge in [0, 0.05) is 31.0 Å². The molecule has 1 heterocycles. The van der Waals surface area contributed by atoms with Gasteiger partial charge in [0.25, 0.3) is 0 Å². The Bertz CT molecular complexity index is 997. The van der Waals surface area contributed by atoms with Crippen molar-refractivity contribution in [2.45, 2.75) is 52.6 Å². The Morgan fingerprint density at radius 2 is 1.62 bits per heavy atom. The molecule has 1 aliphatic heterocycles. The Balaban J connectivity index is 1.55. The number of ether oxygens (including phenoxy) is 1. The van der Waals surface area contributed by atoms with E-state index in [4.69, 9.17) is 4.74 Å². The molecule has 0 aromatic heterocycles. The first-order chi connectivity index (χ1) is 17.6. The molecule has 1 fully saturated rings. The van der Waals surface area contributed by atoms with Gasteiger partial charge in [-0.1, -0.05) is 32.4 Å². The summed E-state index contributed by atoms with van der Waals surface area (Å²) in [5.41, 5.74) is 1.30. The molecular weight excluding hydrogens is 479 g/mol. The van der Waals surface area contributed by atoms with Gasteiger partial charge in [-0.3, -0.25) is 33.7 Å². The number of unbranched alkanes of at least 4 members (excludes halogenated alkanes) is 2. The van der Waals surface area contributed by atoms with Crippen LogP contribution >= 0.6 is 0 Å². The van der Waals surface area contributed by atoms with Crippen LogP contribution in [0.15, 0.2) is 24.3 Å². The summed E-state index contributed by atoms with van der Waals surface area (Å²) in [7, 11) is 1.32. The molecule has 0 spiro atoms. The van der Waals surface area contributed by atoms with E-state index in [1.54, 1.807) is 24.3 Å². The third kappa shape index (κ3) is 10.4. The van der Waals surface area contributed by atoms with Crippen molar-refractivity contribution in [1.82, 2.24) is 15.5 Å². The summed E-state index contributed by atoms with van der Waals surface area (Å²) in [5.74, 6) is -1.93. The van der Waals surface area contributed by atoms with Crippen LogP contribution in [0.3, 0.4) is 0 Å². The van der Waals surface area contributed by atoms with Crippen LogP contribution in [0.25, 0.3) is 0 Å². The van der Waals surface area contributed by atoms with Crippen LogP contribution in [0.5, 0.6) is 0 Å². The van der Waals surface area contributed by atoms with Crippen molar-refractivity contribution in [1.29, 1.82) is 0 Å². The second kappa shape index (κ2) is 14.8. The minimum absolute atomic E-state index is 0.105. The van der Waals surface area contributed by atoms with Gasteiger partial charge in [0.1, 0.15) is 6.61 Å². The lowest BCUT2D eigenvalue weighted by atomic mass is 9.94. The SMILES string of the molecule is BC(=O)OCc1ccc(NC(=O)CNC(=O)CNC(=O)CCCCCN2C(=O)CC(C(C)C)C2=O)cc1. The molecule has 0 aliphatic carbocycles. The molecule has 3 N–H and O–H groups in total. The van der Waals surface area contributed by atoms with E-state index in [2.05, 4.69) is 16.0 Å². The van der Waals surface area contributed by atoms with Gasteiger partial charge >= 0.3 is 0 Å². The number of nitrogens with one attached hydrogen (secondary N) is 3. The van der Waals surface area contributed by atoms with Crippen molar-refractivity contribution >= 4 is 48.9 Å². The van der Waals surface area contributed by atoms with Crippen molar-refractivity contribution in [3.8, 4) is 0 Å². The average Bonchev–Trinajstić information content (AvgIpc) is 3.14. The van der Waals surface area contributed by atoms with Gasteiger partial charge in [0.05, 0.1) is 13.1 Å². The van der Waals surface area contributed by atoms with Crippen LogP contribution in [0.1, 0.15) is 51.5 Å². The average molecular weight is 514 g/mol. The molecule has 11 nitrogen and oxygen atoms in total. The second-order valence-corrected chi connectivity index (χ2v) is 9.33. The van der Waals surface area contributed by atoms with Crippen molar-refractivity contribution < 1.29 is 33.5 Å². The summed E-state index contributed by atoms with van der Waals surface area (Å²) >= 11 is 0. The van der Waals surface area contributed by atoms with Crippen molar-refractivity contribution in [3.63, 3.8) is 0 Å². The molecule has 37 heavy (non-hydrogen) atoms. The predicted octanol–water partition coefficient (Wildman–Crippen LogP) is 0.719. The first-order valence-electron chi connectivity index (χ1n) is 12.5. The molecule has 0 radical (unpaired) electrons. The van der Waals surface area contributed by atoms with Crippen LogP contribution in [0.2, 0.25) is 0 Å². The fourth-order valence-corrected chi connectivity index (χ4v) is 3.78. The lowest BCUT2D eigenvalue weighted by Gasteiger charge is -2.16. The van der Waals surface area contributed by atoms with E-state index < -0.39 is 11.8 Å². The van der Waals surface area contributed by atoms with Crippen LogP contribution in [-0.4, -0.2) is 67.8 Å². The summed E-state index contributed by atoms with van der Waals surface area (Å²) in [6, 6.07) is 6.73. The van der Waals surface area contributed by atoms with E-state index in [0.29, 0.717) is 31.5 Å². The van der Waals surface area contributed by atoms with Crippen LogP contribution < -0.4 is 16.0 Å². The van der Waals surface area contributed by atoms with Gasteiger partial charge in [-0.15, -0.1) is 0 Å². The number of nitrogens with zero attached hydrogens (tertiary/aromatic N) is 1. The van der Waals surface area contributed by atoms with Gasteiger partial charge in [-0.2, -0.15) is 0 Å². The molecule has 1 aromatic carbocycles. The maximum absolute atomic E-state index is 12.3. The molecule has 1 atom stereocenters. The lowest BCUT2D eigenvalue weighted by molar-refractivity contribution is -0.139. The molecule has 2 rings (SSSR count). The minimum atomic E-state index is -0.494. The summed E-state index contributed by atoms with van der Waals surface area (Å²) in [6.07, 6.45) is 2.36. The zero-order valence-electron chi connectivity index (χ0n) is 21.6. The minimum Gasteiger partial charge on any atom is -0.469 e. The Kier molecular flexibility index (Phi) is 11.8. The molecule has 0 saturated carbocycles. The number of imide groups is 1. The number of hydrogen-bond donors (Lipinski definition) is 3. The lowest BCUT2D eigenvalue weighted by Crippen LogP contribution is -2.40. The van der Waals surface area contributed by atoms with Crippen LogP contribution in [-0.2, 0) is 35.3 Å². The monoisotopic (exact) mass is 514 g/mol. The van der Waals surface area contributed by atoms with Gasteiger partial charge < -0.3 is 20.7 Å². The fourth-order valence-electron chi connectivity index (χ4n) is 3.78. The first-order valence-corrected chi connectivity index (χ1v) is 12.5. The second-order valence-electron chi connectivity index (χ2n) is 9.33. The Morgan fingerprint density at radius 1 is 0.973 bits per heavy atom. The quantitative estimate of drug-likeness (QED) is 0.188. The highest BCUT2D eigenvalue weighted by Gasteiger charge is 2.39. The van der Waals surface area contributed by atoms with Gasteiger partial charge in [-0.25, -0.2) is 0 Å². The number of benzene rings is 1. The largest absolute Gasteiger partial charge is 0.469 e. The first kappa shape index (κ1) is 29.5. The van der Waals surface area contributed by atoms with Crippen molar-refractivity contribution in [2.24, 2.45) is 11.8 Å².